The summed E-state index contributed by atoms with van der Waals surface area (Å²) in [5.41, 5.74) is 0.476. The molecule has 5 heteroatoms. The number of thiophene rings is 1. The Morgan fingerprint density at radius 1 is 1.44 bits per heavy atom. The molecule has 0 N–H and O–H groups in total. The van der Waals surface area contributed by atoms with Crippen LogP contribution in [0.5, 0.6) is 5.75 Å². The minimum absolute atomic E-state index is 0.0200. The van der Waals surface area contributed by atoms with Crippen LogP contribution >= 0.6 is 27.3 Å². The van der Waals surface area contributed by atoms with Gasteiger partial charge in [0.15, 0.2) is 0 Å². The van der Waals surface area contributed by atoms with Crippen molar-refractivity contribution in [1.29, 1.82) is 0 Å². The molecule has 0 bridgehead atoms. The Balaban J connectivity index is 2.56. The molecule has 0 saturated carbocycles. The number of rotatable bonds is 3. The lowest BCUT2D eigenvalue weighted by Crippen LogP contribution is -2.07. The highest BCUT2D eigenvalue weighted by Gasteiger charge is 2.22. The zero-order valence-electron chi connectivity index (χ0n) is 9.79. The molecule has 0 aliphatic heterocycles. The highest BCUT2D eigenvalue weighted by molar-refractivity contribution is 9.11. The zero-order chi connectivity index (χ0) is 13.3. The van der Waals surface area contributed by atoms with Crippen molar-refractivity contribution in [3.63, 3.8) is 0 Å². The number of aryl methyl sites for hydroxylation is 1. The first-order valence-corrected chi connectivity index (χ1v) is 6.78. The van der Waals surface area contributed by atoms with Crippen LogP contribution in [-0.2, 0) is 0 Å². The topological polar surface area (TPSA) is 26.3 Å². The first kappa shape index (κ1) is 13.2. The van der Waals surface area contributed by atoms with Gasteiger partial charge in [-0.05, 0) is 41.1 Å². The largest absolute Gasteiger partial charge is 0.496 e. The number of hydrogen-bond acceptors (Lipinski definition) is 3. The van der Waals surface area contributed by atoms with Gasteiger partial charge < -0.3 is 4.74 Å². The van der Waals surface area contributed by atoms with Crippen molar-refractivity contribution in [1.82, 2.24) is 0 Å². The summed E-state index contributed by atoms with van der Waals surface area (Å²) in [6.45, 7) is 1.83. The third-order valence-electron chi connectivity index (χ3n) is 2.55. The number of ether oxygens (including phenoxy) is 1. The van der Waals surface area contributed by atoms with Gasteiger partial charge in [-0.15, -0.1) is 11.3 Å². The Morgan fingerprint density at radius 3 is 2.72 bits per heavy atom. The van der Waals surface area contributed by atoms with Crippen molar-refractivity contribution in [3.05, 3.63) is 49.9 Å². The Morgan fingerprint density at radius 2 is 2.17 bits per heavy atom. The van der Waals surface area contributed by atoms with E-state index in [1.165, 1.54) is 30.6 Å². The summed E-state index contributed by atoms with van der Waals surface area (Å²) in [6, 6.07) is 6.05. The van der Waals surface area contributed by atoms with Gasteiger partial charge in [-0.25, -0.2) is 4.39 Å². The molecular formula is C13H10BrFO2S. The van der Waals surface area contributed by atoms with E-state index in [1.54, 1.807) is 12.1 Å². The Bertz CT molecular complexity index is 607. The summed E-state index contributed by atoms with van der Waals surface area (Å²) in [5, 5.41) is 0. The minimum atomic E-state index is -0.568. The summed E-state index contributed by atoms with van der Waals surface area (Å²) >= 11 is 4.76. The maximum atomic E-state index is 13.8. The highest BCUT2D eigenvalue weighted by Crippen LogP contribution is 2.31. The predicted octanol–water partition coefficient (Wildman–Crippen LogP) is 4.20. The van der Waals surface area contributed by atoms with Crippen LogP contribution in [0.4, 0.5) is 4.39 Å². The fourth-order valence-corrected chi connectivity index (χ4v) is 3.39. The lowest BCUT2D eigenvalue weighted by atomic mass is 10.0. The van der Waals surface area contributed by atoms with Gasteiger partial charge in [0.1, 0.15) is 17.1 Å². The molecule has 2 aromatic rings. The lowest BCUT2D eigenvalue weighted by Gasteiger charge is -2.08. The molecular weight excluding hydrogens is 319 g/mol. The van der Waals surface area contributed by atoms with Crippen LogP contribution in [0.25, 0.3) is 0 Å². The van der Waals surface area contributed by atoms with Gasteiger partial charge in [0.25, 0.3) is 0 Å². The molecule has 0 unspecified atom stereocenters. The molecule has 2 nitrogen and oxygen atoms in total. The second kappa shape index (κ2) is 5.20. The lowest BCUT2D eigenvalue weighted by molar-refractivity contribution is 0.103. The molecule has 1 heterocycles. The third-order valence-corrected chi connectivity index (χ3v) is 4.11. The molecule has 0 aliphatic carbocycles. The highest BCUT2D eigenvalue weighted by atomic mass is 79.9. The maximum Gasteiger partial charge on any atom is 0.200 e. The summed E-state index contributed by atoms with van der Waals surface area (Å²) in [5.74, 6) is -0.674. The molecule has 0 radical (unpaired) electrons. The summed E-state index contributed by atoms with van der Waals surface area (Å²) < 4.78 is 19.7. The fraction of sp³-hybridized carbons (Fsp3) is 0.154. The smallest absolute Gasteiger partial charge is 0.200 e. The molecule has 0 spiro atoms. The molecule has 1 aromatic heterocycles. The quantitative estimate of drug-likeness (QED) is 0.789. The van der Waals surface area contributed by atoms with Gasteiger partial charge in [0, 0.05) is 10.4 Å². The minimum Gasteiger partial charge on any atom is -0.496 e. The van der Waals surface area contributed by atoms with Gasteiger partial charge in [-0.1, -0.05) is 6.07 Å². The number of carbonyl (C=O) groups excluding carboxylic acids is 1. The second-order valence-electron chi connectivity index (χ2n) is 3.67. The van der Waals surface area contributed by atoms with Crippen molar-refractivity contribution in [2.75, 3.05) is 7.11 Å². The van der Waals surface area contributed by atoms with Crippen molar-refractivity contribution < 1.29 is 13.9 Å². The van der Waals surface area contributed by atoms with E-state index in [1.807, 2.05) is 6.92 Å². The van der Waals surface area contributed by atoms with E-state index < -0.39 is 5.82 Å². The van der Waals surface area contributed by atoms with Crippen LogP contribution in [0, 0.1) is 12.7 Å². The Hall–Kier alpha value is -1.20. The number of ketones is 1. The number of carbonyl (C=O) groups is 1. The molecule has 1 aromatic carbocycles. The van der Waals surface area contributed by atoms with Crippen LogP contribution in [0.3, 0.4) is 0 Å². The predicted molar refractivity (Wildman–Crippen MR) is 73.1 cm³/mol. The molecule has 94 valence electrons. The first-order chi connectivity index (χ1) is 8.54. The summed E-state index contributed by atoms with van der Waals surface area (Å²) in [4.78, 5) is 13.2. The van der Waals surface area contributed by atoms with Crippen LogP contribution in [0.15, 0.2) is 28.1 Å². The second-order valence-corrected chi connectivity index (χ2v) is 6.30. The van der Waals surface area contributed by atoms with Gasteiger partial charge in [-0.3, -0.25) is 4.79 Å². The van der Waals surface area contributed by atoms with Crippen molar-refractivity contribution >= 4 is 33.0 Å². The van der Waals surface area contributed by atoms with E-state index in [9.17, 15) is 9.18 Å². The molecule has 0 aliphatic rings. The van der Waals surface area contributed by atoms with E-state index >= 15 is 0 Å². The van der Waals surface area contributed by atoms with Crippen LogP contribution in [-0.4, -0.2) is 12.9 Å². The SMILES string of the molecule is COc1cccc(F)c1C(=O)c1cc(Br)sc1C. The van der Waals surface area contributed by atoms with Gasteiger partial charge in [-0.2, -0.15) is 0 Å². The van der Waals surface area contributed by atoms with Crippen molar-refractivity contribution in [2.45, 2.75) is 6.92 Å². The number of halogens is 2. The van der Waals surface area contributed by atoms with Gasteiger partial charge in [0.05, 0.1) is 10.9 Å². The number of benzene rings is 1. The monoisotopic (exact) mass is 328 g/mol. The number of methoxy groups -OCH3 is 1. The van der Waals surface area contributed by atoms with Crippen LogP contribution in [0.2, 0.25) is 0 Å². The molecule has 0 fully saturated rings. The van der Waals surface area contributed by atoms with Crippen molar-refractivity contribution in [2.24, 2.45) is 0 Å². The number of hydrogen-bond donors (Lipinski definition) is 0. The molecule has 2 rings (SSSR count). The van der Waals surface area contributed by atoms with Crippen molar-refractivity contribution in [3.8, 4) is 5.75 Å². The van der Waals surface area contributed by atoms with Crippen LogP contribution in [0.1, 0.15) is 20.8 Å². The third kappa shape index (κ3) is 2.33. The molecule has 0 amide bonds. The Kier molecular flexibility index (Phi) is 3.82. The average molecular weight is 329 g/mol. The summed E-state index contributed by atoms with van der Waals surface area (Å²) in [6.07, 6.45) is 0. The zero-order valence-corrected chi connectivity index (χ0v) is 12.2. The first-order valence-electron chi connectivity index (χ1n) is 5.17. The normalized spacial score (nSPS) is 10.4. The molecule has 18 heavy (non-hydrogen) atoms. The van der Waals surface area contributed by atoms with Crippen LogP contribution < -0.4 is 4.74 Å². The standard InChI is InChI=1S/C13H10BrFO2S/c1-7-8(6-11(14)18-7)13(16)12-9(15)4-3-5-10(12)17-2/h3-6H,1-2H3. The van der Waals surface area contributed by atoms with E-state index in [2.05, 4.69) is 15.9 Å². The maximum absolute atomic E-state index is 13.8. The Labute approximate surface area is 117 Å². The van der Waals surface area contributed by atoms with E-state index in [0.717, 1.165) is 8.66 Å². The van der Waals surface area contributed by atoms with E-state index in [-0.39, 0.29) is 17.1 Å². The summed E-state index contributed by atoms with van der Waals surface area (Å²) in [7, 11) is 1.42. The average Bonchev–Trinajstić information content (AvgIpc) is 2.67. The van der Waals surface area contributed by atoms with Gasteiger partial charge >= 0.3 is 0 Å². The van der Waals surface area contributed by atoms with E-state index in [0.29, 0.717) is 5.56 Å². The molecule has 0 saturated heterocycles. The molecule has 0 atom stereocenters. The fourth-order valence-electron chi connectivity index (χ4n) is 1.70. The van der Waals surface area contributed by atoms with Gasteiger partial charge in [0.2, 0.25) is 5.78 Å². The van der Waals surface area contributed by atoms with E-state index in [4.69, 9.17) is 4.74 Å².